The minimum Gasteiger partial charge on any atom is -0.455 e. The van der Waals surface area contributed by atoms with Crippen molar-refractivity contribution in [1.82, 2.24) is 4.98 Å². The molecule has 2 aromatic rings. The van der Waals surface area contributed by atoms with Gasteiger partial charge in [0.1, 0.15) is 11.6 Å². The Morgan fingerprint density at radius 1 is 1.30 bits per heavy atom. The van der Waals surface area contributed by atoms with E-state index >= 15 is 0 Å². The van der Waals surface area contributed by atoms with Crippen LogP contribution in [0, 0.1) is 0 Å². The van der Waals surface area contributed by atoms with Crippen LogP contribution in [0.5, 0.6) is 11.5 Å². The number of hydrogen-bond donors (Lipinski definition) is 2. The van der Waals surface area contributed by atoms with Crippen LogP contribution in [0.3, 0.4) is 0 Å². The minimum absolute atomic E-state index is 0.135. The van der Waals surface area contributed by atoms with Crippen molar-refractivity contribution in [1.29, 1.82) is 0 Å². The van der Waals surface area contributed by atoms with Crippen molar-refractivity contribution in [3.8, 4) is 11.5 Å². The molecule has 104 valence electrons. The van der Waals surface area contributed by atoms with Crippen LogP contribution in [0.2, 0.25) is 0 Å². The van der Waals surface area contributed by atoms with Gasteiger partial charge in [-0.2, -0.15) is 0 Å². The summed E-state index contributed by atoms with van der Waals surface area (Å²) in [6.45, 7) is 4.26. The third-order valence-corrected chi connectivity index (χ3v) is 2.51. The number of hydrogen-bond acceptors (Lipinski definition) is 4. The first kappa shape index (κ1) is 13.9. The molecule has 0 aliphatic heterocycles. The molecule has 0 fully saturated rings. The monoisotopic (exact) mass is 271 g/mol. The molecule has 2 N–H and O–H groups in total. The first-order valence-corrected chi connectivity index (χ1v) is 6.43. The van der Waals surface area contributed by atoms with Gasteiger partial charge in [0, 0.05) is 25.7 Å². The van der Waals surface area contributed by atoms with Gasteiger partial charge in [-0.05, 0) is 25.1 Å². The first-order chi connectivity index (χ1) is 9.69. The van der Waals surface area contributed by atoms with Gasteiger partial charge in [-0.3, -0.25) is 4.79 Å². The fraction of sp³-hybridized carbons (Fsp3) is 0.200. The highest BCUT2D eigenvalue weighted by atomic mass is 16.5. The smallest absolute Gasteiger partial charge is 0.221 e. The number of benzene rings is 1. The molecular weight excluding hydrogens is 254 g/mol. The van der Waals surface area contributed by atoms with Gasteiger partial charge in [0.25, 0.3) is 0 Å². The number of nitrogens with zero attached hydrogens (tertiary/aromatic N) is 1. The number of carbonyl (C=O) groups is 1. The summed E-state index contributed by atoms with van der Waals surface area (Å²) < 4.78 is 5.80. The van der Waals surface area contributed by atoms with Crippen molar-refractivity contribution in [2.45, 2.75) is 13.8 Å². The summed E-state index contributed by atoms with van der Waals surface area (Å²) in [5.74, 6) is 1.87. The zero-order valence-electron chi connectivity index (χ0n) is 11.5. The zero-order valence-corrected chi connectivity index (χ0v) is 11.5. The van der Waals surface area contributed by atoms with Crippen LogP contribution in [0.1, 0.15) is 13.8 Å². The van der Waals surface area contributed by atoms with Crippen molar-refractivity contribution >= 4 is 17.4 Å². The second-order valence-corrected chi connectivity index (χ2v) is 4.19. The maximum atomic E-state index is 11.2. The average Bonchev–Trinajstić information content (AvgIpc) is 2.41. The molecule has 2 rings (SSSR count). The molecule has 0 aliphatic rings. The number of rotatable bonds is 5. The predicted molar refractivity (Wildman–Crippen MR) is 79.2 cm³/mol. The molecule has 1 aromatic heterocycles. The van der Waals surface area contributed by atoms with E-state index in [0.717, 1.165) is 12.4 Å². The SMILES string of the molecule is CCNc1cc(Oc2ccccc2NC(C)=O)ccn1. The molecule has 5 nitrogen and oxygen atoms in total. The average molecular weight is 271 g/mol. The largest absolute Gasteiger partial charge is 0.455 e. The second kappa shape index (κ2) is 6.56. The summed E-state index contributed by atoms with van der Waals surface area (Å²) in [5, 5.41) is 5.86. The maximum absolute atomic E-state index is 11.2. The van der Waals surface area contributed by atoms with Crippen LogP contribution in [0.15, 0.2) is 42.6 Å². The van der Waals surface area contributed by atoms with E-state index in [1.807, 2.05) is 25.1 Å². The van der Waals surface area contributed by atoms with Gasteiger partial charge in [0.2, 0.25) is 5.91 Å². The summed E-state index contributed by atoms with van der Waals surface area (Å²) in [6, 6.07) is 10.9. The Hall–Kier alpha value is -2.56. The van der Waals surface area contributed by atoms with Crippen LogP contribution in [-0.2, 0) is 4.79 Å². The molecule has 0 unspecified atom stereocenters. The molecule has 0 radical (unpaired) electrons. The first-order valence-electron chi connectivity index (χ1n) is 6.43. The lowest BCUT2D eigenvalue weighted by Crippen LogP contribution is -2.06. The van der Waals surface area contributed by atoms with Gasteiger partial charge in [0.05, 0.1) is 5.69 Å². The van der Waals surface area contributed by atoms with Gasteiger partial charge in [-0.1, -0.05) is 12.1 Å². The number of anilines is 2. The maximum Gasteiger partial charge on any atom is 0.221 e. The highest BCUT2D eigenvalue weighted by molar-refractivity contribution is 5.90. The van der Waals surface area contributed by atoms with Crippen LogP contribution in [0.25, 0.3) is 0 Å². The quantitative estimate of drug-likeness (QED) is 0.876. The molecule has 0 spiro atoms. The van der Waals surface area contributed by atoms with E-state index in [1.54, 1.807) is 24.4 Å². The summed E-state index contributed by atoms with van der Waals surface area (Å²) in [5.41, 5.74) is 0.641. The van der Waals surface area contributed by atoms with E-state index < -0.39 is 0 Å². The Morgan fingerprint density at radius 3 is 2.85 bits per heavy atom. The number of para-hydroxylation sites is 2. The van der Waals surface area contributed by atoms with Crippen molar-refractivity contribution in [2.24, 2.45) is 0 Å². The van der Waals surface area contributed by atoms with E-state index in [2.05, 4.69) is 15.6 Å². The molecule has 0 aliphatic carbocycles. The molecule has 1 aromatic carbocycles. The lowest BCUT2D eigenvalue weighted by molar-refractivity contribution is -0.114. The molecular formula is C15H17N3O2. The van der Waals surface area contributed by atoms with Gasteiger partial charge in [-0.15, -0.1) is 0 Å². The highest BCUT2D eigenvalue weighted by Crippen LogP contribution is 2.29. The van der Waals surface area contributed by atoms with Crippen LogP contribution in [-0.4, -0.2) is 17.4 Å². The minimum atomic E-state index is -0.135. The van der Waals surface area contributed by atoms with Gasteiger partial charge in [0.15, 0.2) is 5.75 Å². The Labute approximate surface area is 118 Å². The third-order valence-electron chi connectivity index (χ3n) is 2.51. The number of ether oxygens (including phenoxy) is 1. The highest BCUT2D eigenvalue weighted by Gasteiger charge is 2.06. The van der Waals surface area contributed by atoms with Crippen LogP contribution >= 0.6 is 0 Å². The van der Waals surface area contributed by atoms with E-state index in [-0.39, 0.29) is 5.91 Å². The Kier molecular flexibility index (Phi) is 4.55. The molecule has 5 heteroatoms. The number of amides is 1. The normalized spacial score (nSPS) is 9.90. The van der Waals surface area contributed by atoms with Crippen LogP contribution in [0.4, 0.5) is 11.5 Å². The fourth-order valence-corrected chi connectivity index (χ4v) is 1.73. The number of pyridine rings is 1. The summed E-state index contributed by atoms with van der Waals surface area (Å²) in [4.78, 5) is 15.4. The Balaban J connectivity index is 2.21. The van der Waals surface area contributed by atoms with Crippen LogP contribution < -0.4 is 15.4 Å². The number of aromatic nitrogens is 1. The van der Waals surface area contributed by atoms with Crippen molar-refractivity contribution in [3.63, 3.8) is 0 Å². The van der Waals surface area contributed by atoms with E-state index in [4.69, 9.17) is 4.74 Å². The predicted octanol–water partition coefficient (Wildman–Crippen LogP) is 3.26. The molecule has 0 bridgehead atoms. The molecule has 0 saturated heterocycles. The number of carbonyl (C=O) groups excluding carboxylic acids is 1. The molecule has 1 amide bonds. The van der Waals surface area contributed by atoms with Crippen molar-refractivity contribution in [2.75, 3.05) is 17.2 Å². The summed E-state index contributed by atoms with van der Waals surface area (Å²) in [7, 11) is 0. The number of nitrogens with one attached hydrogen (secondary N) is 2. The van der Waals surface area contributed by atoms with Crippen molar-refractivity contribution < 1.29 is 9.53 Å². The lowest BCUT2D eigenvalue weighted by Gasteiger charge is -2.12. The van der Waals surface area contributed by atoms with E-state index in [9.17, 15) is 4.79 Å². The second-order valence-electron chi connectivity index (χ2n) is 4.19. The molecule has 1 heterocycles. The molecule has 20 heavy (non-hydrogen) atoms. The fourth-order valence-electron chi connectivity index (χ4n) is 1.73. The van der Waals surface area contributed by atoms with Crippen molar-refractivity contribution in [3.05, 3.63) is 42.6 Å². The summed E-state index contributed by atoms with van der Waals surface area (Å²) in [6.07, 6.45) is 1.67. The summed E-state index contributed by atoms with van der Waals surface area (Å²) >= 11 is 0. The Morgan fingerprint density at radius 2 is 2.10 bits per heavy atom. The topological polar surface area (TPSA) is 63.2 Å². The van der Waals surface area contributed by atoms with E-state index in [1.165, 1.54) is 6.92 Å². The molecule has 0 atom stereocenters. The Bertz CT molecular complexity index is 599. The van der Waals surface area contributed by atoms with Gasteiger partial charge < -0.3 is 15.4 Å². The lowest BCUT2D eigenvalue weighted by atomic mass is 10.3. The van der Waals surface area contributed by atoms with Gasteiger partial charge in [-0.25, -0.2) is 4.98 Å². The molecule has 0 saturated carbocycles. The van der Waals surface area contributed by atoms with E-state index in [0.29, 0.717) is 17.2 Å². The standard InChI is InChI=1S/C15H17N3O2/c1-3-16-15-10-12(8-9-17-15)20-14-7-5-4-6-13(14)18-11(2)19/h4-10H,3H2,1-2H3,(H,16,17)(H,18,19). The third kappa shape index (κ3) is 3.71. The zero-order chi connectivity index (χ0) is 14.4. The van der Waals surface area contributed by atoms with Gasteiger partial charge >= 0.3 is 0 Å².